The summed E-state index contributed by atoms with van der Waals surface area (Å²) in [6, 6.07) is 16.8. The van der Waals surface area contributed by atoms with E-state index in [0.717, 1.165) is 32.1 Å². The normalized spacial score (nSPS) is 12.2. The number of hydrogen-bond acceptors (Lipinski definition) is 3. The molecule has 0 bridgehead atoms. The highest BCUT2D eigenvalue weighted by Crippen LogP contribution is 2.44. The maximum absolute atomic E-state index is 12.2. The Bertz CT molecular complexity index is 881. The van der Waals surface area contributed by atoms with Crippen LogP contribution in [0.25, 0.3) is 11.1 Å². The molecule has 0 unspecified atom stereocenters. The molecule has 2 N–H and O–H groups in total. The molecule has 1 amide bonds. The highest BCUT2D eigenvalue weighted by atomic mass is 16.5. The second-order valence-electron chi connectivity index (χ2n) is 9.64. The molecule has 5 nitrogen and oxygen atoms in total. The Hall–Kier alpha value is -2.82. The van der Waals surface area contributed by atoms with Crippen molar-refractivity contribution < 1.29 is 19.4 Å². The molecule has 0 aromatic heterocycles. The number of benzene rings is 2. The number of carbonyl (C=O) groups is 2. The fourth-order valence-corrected chi connectivity index (χ4v) is 5.01. The third-order valence-electron chi connectivity index (χ3n) is 6.93. The van der Waals surface area contributed by atoms with Gasteiger partial charge in [-0.1, -0.05) is 113 Å². The van der Waals surface area contributed by atoms with Crippen molar-refractivity contribution in [2.75, 3.05) is 13.2 Å². The van der Waals surface area contributed by atoms with Gasteiger partial charge in [0.1, 0.15) is 6.61 Å². The van der Waals surface area contributed by atoms with Crippen molar-refractivity contribution >= 4 is 12.1 Å². The zero-order valence-corrected chi connectivity index (χ0v) is 21.0. The number of aliphatic carboxylic acids is 1. The molecule has 0 spiro atoms. The molecule has 35 heavy (non-hydrogen) atoms. The average Bonchev–Trinajstić information content (AvgIpc) is 3.18. The van der Waals surface area contributed by atoms with Crippen molar-refractivity contribution in [1.82, 2.24) is 5.32 Å². The summed E-state index contributed by atoms with van der Waals surface area (Å²) in [4.78, 5) is 22.7. The van der Waals surface area contributed by atoms with Crippen LogP contribution in [0, 0.1) is 0 Å². The Kier molecular flexibility index (Phi) is 11.7. The second kappa shape index (κ2) is 15.2. The van der Waals surface area contributed by atoms with Crippen LogP contribution in [-0.2, 0) is 9.53 Å². The monoisotopic (exact) mass is 479 g/mol. The van der Waals surface area contributed by atoms with Crippen LogP contribution in [0.2, 0.25) is 0 Å². The van der Waals surface area contributed by atoms with Gasteiger partial charge in [-0.05, 0) is 35.1 Å². The van der Waals surface area contributed by atoms with E-state index in [1.165, 1.54) is 67.2 Å². The van der Waals surface area contributed by atoms with Gasteiger partial charge in [0.05, 0.1) is 0 Å². The van der Waals surface area contributed by atoms with Crippen LogP contribution in [0.15, 0.2) is 48.5 Å². The lowest BCUT2D eigenvalue weighted by Crippen LogP contribution is -2.27. The van der Waals surface area contributed by atoms with Crippen molar-refractivity contribution in [3.63, 3.8) is 0 Å². The zero-order valence-electron chi connectivity index (χ0n) is 21.0. The van der Waals surface area contributed by atoms with E-state index in [1.54, 1.807) is 0 Å². The number of fused-ring (bicyclic) bond motifs is 3. The lowest BCUT2D eigenvalue weighted by molar-refractivity contribution is -0.137. The molecule has 2 aromatic rings. The van der Waals surface area contributed by atoms with Gasteiger partial charge in [-0.25, -0.2) is 4.79 Å². The van der Waals surface area contributed by atoms with Crippen LogP contribution in [0.4, 0.5) is 4.79 Å². The summed E-state index contributed by atoms with van der Waals surface area (Å²) >= 11 is 0. The highest BCUT2D eigenvalue weighted by molar-refractivity contribution is 5.79. The number of hydrogen-bond donors (Lipinski definition) is 2. The third kappa shape index (κ3) is 9.04. The molecule has 1 aliphatic carbocycles. The molecule has 0 saturated heterocycles. The largest absolute Gasteiger partial charge is 0.481 e. The minimum atomic E-state index is -0.682. The van der Waals surface area contributed by atoms with Crippen molar-refractivity contribution in [3.8, 4) is 11.1 Å². The first-order chi connectivity index (χ1) is 17.2. The first-order valence-electron chi connectivity index (χ1n) is 13.5. The number of unbranched alkanes of at least 4 members (excludes halogenated alkanes) is 11. The molecule has 0 heterocycles. The number of ether oxygens (including phenoxy) is 1. The number of carboxylic acid groups (broad SMARTS) is 1. The predicted molar refractivity (Wildman–Crippen MR) is 141 cm³/mol. The summed E-state index contributed by atoms with van der Waals surface area (Å²) in [5.41, 5.74) is 4.95. The van der Waals surface area contributed by atoms with Gasteiger partial charge in [-0.3, -0.25) is 4.79 Å². The van der Waals surface area contributed by atoms with Gasteiger partial charge in [-0.2, -0.15) is 0 Å². The molecule has 190 valence electrons. The fraction of sp³-hybridized carbons (Fsp3) is 0.533. The van der Waals surface area contributed by atoms with Crippen molar-refractivity contribution in [3.05, 3.63) is 59.7 Å². The van der Waals surface area contributed by atoms with Gasteiger partial charge in [-0.15, -0.1) is 0 Å². The summed E-state index contributed by atoms with van der Waals surface area (Å²) in [6.45, 7) is 1.03. The van der Waals surface area contributed by atoms with E-state index in [4.69, 9.17) is 9.84 Å². The van der Waals surface area contributed by atoms with E-state index in [2.05, 4.69) is 41.7 Å². The summed E-state index contributed by atoms with van der Waals surface area (Å²) in [5, 5.41) is 11.5. The third-order valence-corrected chi connectivity index (χ3v) is 6.93. The molecule has 0 fully saturated rings. The van der Waals surface area contributed by atoms with Crippen LogP contribution in [0.1, 0.15) is 101 Å². The predicted octanol–water partition coefficient (Wildman–Crippen LogP) is 7.68. The summed E-state index contributed by atoms with van der Waals surface area (Å²) in [7, 11) is 0. The first-order valence-corrected chi connectivity index (χ1v) is 13.5. The quantitative estimate of drug-likeness (QED) is 0.228. The molecule has 0 saturated carbocycles. The maximum atomic E-state index is 12.2. The molecular formula is C30H41NO4. The molecule has 1 aliphatic rings. The molecule has 3 rings (SSSR count). The average molecular weight is 480 g/mol. The van der Waals surface area contributed by atoms with Gasteiger partial charge < -0.3 is 15.2 Å². The van der Waals surface area contributed by atoms with Gasteiger partial charge in [0.15, 0.2) is 0 Å². The topological polar surface area (TPSA) is 75.6 Å². The van der Waals surface area contributed by atoms with E-state index < -0.39 is 5.97 Å². The molecule has 0 aliphatic heterocycles. The van der Waals surface area contributed by atoms with Crippen molar-refractivity contribution in [1.29, 1.82) is 0 Å². The van der Waals surface area contributed by atoms with Gasteiger partial charge in [0.25, 0.3) is 0 Å². The SMILES string of the molecule is O=C(O)CCCCCCCCCCCCCCNC(=O)OCC1c2ccccc2-c2ccccc21. The smallest absolute Gasteiger partial charge is 0.407 e. The van der Waals surface area contributed by atoms with Gasteiger partial charge in [0.2, 0.25) is 0 Å². The van der Waals surface area contributed by atoms with Crippen LogP contribution in [0.5, 0.6) is 0 Å². The van der Waals surface area contributed by atoms with Gasteiger partial charge in [0, 0.05) is 18.9 Å². The van der Waals surface area contributed by atoms with Crippen molar-refractivity contribution in [2.24, 2.45) is 0 Å². The Morgan fingerprint density at radius 1 is 0.686 bits per heavy atom. The van der Waals surface area contributed by atoms with Crippen LogP contribution in [0.3, 0.4) is 0 Å². The fourth-order valence-electron chi connectivity index (χ4n) is 5.01. The van der Waals surface area contributed by atoms with E-state index >= 15 is 0 Å². The Labute approximate surface area is 210 Å². The Morgan fingerprint density at radius 3 is 1.66 bits per heavy atom. The van der Waals surface area contributed by atoms with E-state index in [0.29, 0.717) is 19.6 Å². The minimum Gasteiger partial charge on any atom is -0.481 e. The molecular weight excluding hydrogens is 438 g/mol. The molecule has 5 heteroatoms. The van der Waals surface area contributed by atoms with Gasteiger partial charge >= 0.3 is 12.1 Å². The number of carboxylic acids is 1. The first kappa shape index (κ1) is 26.8. The van der Waals surface area contributed by atoms with E-state index in [1.807, 2.05) is 12.1 Å². The Morgan fingerprint density at radius 2 is 1.14 bits per heavy atom. The number of nitrogens with one attached hydrogen (secondary N) is 1. The lowest BCUT2D eigenvalue weighted by Gasteiger charge is -2.14. The van der Waals surface area contributed by atoms with Crippen molar-refractivity contribution in [2.45, 2.75) is 89.4 Å². The van der Waals surface area contributed by atoms with Crippen LogP contribution < -0.4 is 5.32 Å². The minimum absolute atomic E-state index is 0.102. The van der Waals surface area contributed by atoms with Crippen LogP contribution in [-0.4, -0.2) is 30.3 Å². The number of rotatable bonds is 17. The maximum Gasteiger partial charge on any atom is 0.407 e. The summed E-state index contributed by atoms with van der Waals surface area (Å²) < 4.78 is 5.59. The molecule has 0 radical (unpaired) electrons. The second-order valence-corrected chi connectivity index (χ2v) is 9.64. The van der Waals surface area contributed by atoms with Crippen LogP contribution >= 0.6 is 0 Å². The Balaban J connectivity index is 1.17. The number of carbonyl (C=O) groups excluding carboxylic acids is 1. The standard InChI is InChI=1S/C30H41NO4/c32-29(33)21-11-9-7-5-3-1-2-4-6-8-10-16-22-31-30(34)35-23-28-26-19-14-12-17-24(26)25-18-13-15-20-27(25)28/h12-15,17-20,28H,1-11,16,21-23H2,(H,31,34)(H,32,33). The summed E-state index contributed by atoms with van der Waals surface area (Å²) in [6.07, 6.45) is 13.9. The summed E-state index contributed by atoms with van der Waals surface area (Å²) in [5.74, 6) is -0.580. The number of alkyl carbamates (subject to hydrolysis) is 1. The molecule has 0 atom stereocenters. The molecule has 2 aromatic carbocycles. The van der Waals surface area contributed by atoms with E-state index in [-0.39, 0.29) is 12.0 Å². The number of amides is 1. The lowest BCUT2D eigenvalue weighted by atomic mass is 9.98. The van der Waals surface area contributed by atoms with E-state index in [9.17, 15) is 9.59 Å². The highest BCUT2D eigenvalue weighted by Gasteiger charge is 2.28. The zero-order chi connectivity index (χ0) is 24.7.